The fourth-order valence-corrected chi connectivity index (χ4v) is 3.50. The zero-order valence-electron chi connectivity index (χ0n) is 16.0. The lowest BCUT2D eigenvalue weighted by atomic mass is 9.94. The smallest absolute Gasteiger partial charge is 0.141 e. The van der Waals surface area contributed by atoms with Crippen molar-refractivity contribution in [1.82, 2.24) is 9.97 Å². The van der Waals surface area contributed by atoms with Crippen molar-refractivity contribution in [2.45, 2.75) is 20.0 Å². The molecule has 0 bridgehead atoms. The van der Waals surface area contributed by atoms with E-state index < -0.39 is 6.10 Å². The summed E-state index contributed by atoms with van der Waals surface area (Å²) in [6.07, 6.45) is 0.920. The fourth-order valence-electron chi connectivity index (χ4n) is 3.50. The van der Waals surface area contributed by atoms with Crippen molar-refractivity contribution in [3.63, 3.8) is 0 Å². The Morgan fingerprint density at radius 1 is 1.03 bits per heavy atom. The number of benzene rings is 2. The van der Waals surface area contributed by atoms with E-state index >= 15 is 0 Å². The lowest BCUT2D eigenvalue weighted by molar-refractivity contribution is 0.201. The van der Waals surface area contributed by atoms with Gasteiger partial charge in [0.25, 0.3) is 0 Å². The second-order valence-corrected chi connectivity index (χ2v) is 7.03. The van der Waals surface area contributed by atoms with Crippen molar-refractivity contribution in [3.8, 4) is 28.5 Å². The summed E-state index contributed by atoms with van der Waals surface area (Å²) in [7, 11) is 0. The second-order valence-electron chi connectivity index (χ2n) is 7.03. The van der Waals surface area contributed by atoms with Gasteiger partial charge in [-0.25, -0.2) is 14.4 Å². The Labute approximate surface area is 167 Å². The number of hydrogen-bond donors (Lipinski definition) is 1. The topological polar surface area (TPSA) is 69.8 Å². The van der Waals surface area contributed by atoms with Crippen LogP contribution in [0.3, 0.4) is 0 Å². The first-order valence-electron chi connectivity index (χ1n) is 9.22. The Balaban J connectivity index is 2.08. The first kappa shape index (κ1) is 18.7. The molecule has 0 fully saturated rings. The molecule has 1 N–H and O–H groups in total. The maximum Gasteiger partial charge on any atom is 0.141 e. The molecule has 4 aromatic rings. The number of nitrogens with zero attached hydrogens (tertiary/aromatic N) is 3. The van der Waals surface area contributed by atoms with Gasteiger partial charge in [-0.2, -0.15) is 5.26 Å². The number of aryl methyl sites for hydroxylation is 1. The average Bonchev–Trinajstić information content (AvgIpc) is 2.72. The number of aliphatic hydroxyl groups excluding tert-OH is 1. The zero-order valence-corrected chi connectivity index (χ0v) is 16.0. The molecule has 142 valence electrons. The van der Waals surface area contributed by atoms with Gasteiger partial charge in [-0.1, -0.05) is 18.2 Å². The van der Waals surface area contributed by atoms with Gasteiger partial charge in [0, 0.05) is 22.7 Å². The largest absolute Gasteiger partial charge is 0.389 e. The normalized spacial score (nSPS) is 12.0. The highest BCUT2D eigenvalue weighted by molar-refractivity contribution is 5.93. The molecule has 0 saturated carbocycles. The molecule has 2 heterocycles. The molecule has 1 unspecified atom stereocenters. The minimum Gasteiger partial charge on any atom is -0.389 e. The summed E-state index contributed by atoms with van der Waals surface area (Å²) in [5.41, 5.74) is 5.83. The van der Waals surface area contributed by atoms with Crippen LogP contribution in [-0.2, 0) is 0 Å². The second kappa shape index (κ2) is 7.42. The van der Waals surface area contributed by atoms with Crippen LogP contribution < -0.4 is 0 Å². The number of halogens is 1. The molecule has 1 atom stereocenters. The minimum atomic E-state index is -0.655. The Bertz CT molecular complexity index is 1260. The van der Waals surface area contributed by atoms with E-state index in [-0.39, 0.29) is 5.82 Å². The van der Waals surface area contributed by atoms with E-state index in [0.717, 1.165) is 38.7 Å². The summed E-state index contributed by atoms with van der Waals surface area (Å²) in [6.45, 7) is 3.68. The standard InChI is InChI=1S/C24H18FN3O/c1-14-9-20(15(2)29)22-12-21(16-3-5-18(25)6-4-16)24(28-23(22)10-14)17-7-8-27-19(11-17)13-26/h3-12,15,29H,1-2H3. The first-order chi connectivity index (χ1) is 14.0. The highest BCUT2D eigenvalue weighted by Gasteiger charge is 2.16. The predicted octanol–water partition coefficient (Wildman–Crippen LogP) is 5.34. The first-order valence-corrected chi connectivity index (χ1v) is 9.22. The van der Waals surface area contributed by atoms with Crippen LogP contribution in [-0.4, -0.2) is 15.1 Å². The summed E-state index contributed by atoms with van der Waals surface area (Å²) in [6, 6.07) is 17.6. The monoisotopic (exact) mass is 383 g/mol. The van der Waals surface area contributed by atoms with Gasteiger partial charge in [0.1, 0.15) is 17.6 Å². The van der Waals surface area contributed by atoms with Gasteiger partial charge in [-0.15, -0.1) is 0 Å². The molecular formula is C24H18FN3O. The van der Waals surface area contributed by atoms with Gasteiger partial charge in [0.2, 0.25) is 0 Å². The van der Waals surface area contributed by atoms with Crippen molar-refractivity contribution in [1.29, 1.82) is 5.26 Å². The summed E-state index contributed by atoms with van der Waals surface area (Å²) in [5.74, 6) is -0.319. The molecule has 0 amide bonds. The van der Waals surface area contributed by atoms with Crippen molar-refractivity contribution < 1.29 is 9.50 Å². The molecule has 29 heavy (non-hydrogen) atoms. The molecular weight excluding hydrogens is 365 g/mol. The van der Waals surface area contributed by atoms with Gasteiger partial charge in [-0.05, 0) is 66.9 Å². The van der Waals surface area contributed by atoms with Gasteiger partial charge >= 0.3 is 0 Å². The third-order valence-corrected chi connectivity index (χ3v) is 4.86. The quantitative estimate of drug-likeness (QED) is 0.519. The highest BCUT2D eigenvalue weighted by atomic mass is 19.1. The van der Waals surface area contributed by atoms with E-state index in [2.05, 4.69) is 11.1 Å². The third kappa shape index (κ3) is 3.58. The van der Waals surface area contributed by atoms with Crippen molar-refractivity contribution in [3.05, 3.63) is 83.4 Å². The number of hydrogen-bond acceptors (Lipinski definition) is 4. The average molecular weight is 383 g/mol. The molecule has 4 rings (SSSR count). The molecule has 0 aliphatic heterocycles. The SMILES string of the molecule is Cc1cc(C(C)O)c2cc(-c3ccc(F)cc3)c(-c3ccnc(C#N)c3)nc2c1. The number of aliphatic hydroxyl groups is 1. The summed E-state index contributed by atoms with van der Waals surface area (Å²) >= 11 is 0. The van der Waals surface area contributed by atoms with Crippen LogP contribution in [0.4, 0.5) is 4.39 Å². The Morgan fingerprint density at radius 2 is 1.79 bits per heavy atom. The van der Waals surface area contributed by atoms with Crippen LogP contribution in [0.15, 0.2) is 60.8 Å². The van der Waals surface area contributed by atoms with Crippen LogP contribution >= 0.6 is 0 Å². The molecule has 2 aromatic heterocycles. The molecule has 4 nitrogen and oxygen atoms in total. The van der Waals surface area contributed by atoms with Crippen LogP contribution in [0.25, 0.3) is 33.3 Å². The number of aromatic nitrogens is 2. The fraction of sp³-hybridized carbons (Fsp3) is 0.125. The molecule has 0 spiro atoms. The number of pyridine rings is 2. The van der Waals surface area contributed by atoms with Crippen LogP contribution in [0.1, 0.15) is 29.8 Å². The Hall–Kier alpha value is -3.62. The minimum absolute atomic E-state index is 0.295. The van der Waals surface area contributed by atoms with Gasteiger partial charge in [0.15, 0.2) is 0 Å². The number of rotatable bonds is 3. The summed E-state index contributed by atoms with van der Waals surface area (Å²) in [5, 5.41) is 20.3. The maximum absolute atomic E-state index is 13.5. The van der Waals surface area contributed by atoms with E-state index in [4.69, 9.17) is 4.98 Å². The van der Waals surface area contributed by atoms with E-state index in [0.29, 0.717) is 11.4 Å². The van der Waals surface area contributed by atoms with E-state index in [1.807, 2.05) is 25.1 Å². The van der Waals surface area contributed by atoms with E-state index in [9.17, 15) is 14.8 Å². The highest BCUT2D eigenvalue weighted by Crippen LogP contribution is 2.36. The molecule has 0 saturated heterocycles. The Kier molecular flexibility index (Phi) is 4.79. The number of nitriles is 1. The van der Waals surface area contributed by atoms with Crippen LogP contribution in [0.2, 0.25) is 0 Å². The summed E-state index contributed by atoms with van der Waals surface area (Å²) in [4.78, 5) is 8.92. The summed E-state index contributed by atoms with van der Waals surface area (Å²) < 4.78 is 13.5. The lowest BCUT2D eigenvalue weighted by Crippen LogP contribution is -1.98. The van der Waals surface area contributed by atoms with Gasteiger partial charge in [0.05, 0.1) is 17.3 Å². The predicted molar refractivity (Wildman–Crippen MR) is 110 cm³/mol. The van der Waals surface area contributed by atoms with E-state index in [1.165, 1.54) is 12.1 Å². The molecule has 2 aromatic carbocycles. The van der Waals surface area contributed by atoms with Crippen molar-refractivity contribution in [2.75, 3.05) is 0 Å². The molecule has 0 aliphatic rings. The van der Waals surface area contributed by atoms with Gasteiger partial charge in [-0.3, -0.25) is 0 Å². The van der Waals surface area contributed by atoms with Crippen LogP contribution in [0, 0.1) is 24.1 Å². The van der Waals surface area contributed by atoms with E-state index in [1.54, 1.807) is 37.4 Å². The third-order valence-electron chi connectivity index (χ3n) is 4.86. The maximum atomic E-state index is 13.5. The van der Waals surface area contributed by atoms with Crippen LogP contribution in [0.5, 0.6) is 0 Å². The molecule has 5 heteroatoms. The molecule has 0 aliphatic carbocycles. The van der Waals surface area contributed by atoms with Crippen molar-refractivity contribution >= 4 is 10.9 Å². The van der Waals surface area contributed by atoms with Crippen molar-refractivity contribution in [2.24, 2.45) is 0 Å². The lowest BCUT2D eigenvalue weighted by Gasteiger charge is -2.16. The number of fused-ring (bicyclic) bond motifs is 1. The molecule has 0 radical (unpaired) electrons. The zero-order chi connectivity index (χ0) is 20.5. The van der Waals surface area contributed by atoms with Gasteiger partial charge < -0.3 is 5.11 Å². The Morgan fingerprint density at radius 3 is 2.48 bits per heavy atom.